The zero-order chi connectivity index (χ0) is 26.0. The molecule has 4 rings (SSSR count). The van der Waals surface area contributed by atoms with Crippen LogP contribution in [0.2, 0.25) is 5.02 Å². The highest BCUT2D eigenvalue weighted by Crippen LogP contribution is 2.31. The van der Waals surface area contributed by atoms with E-state index in [2.05, 4.69) is 39.9 Å². The highest BCUT2D eigenvalue weighted by atomic mass is 35.5. The molecule has 7 heteroatoms. The van der Waals surface area contributed by atoms with E-state index in [0.717, 1.165) is 56.8 Å². The topological polar surface area (TPSA) is 65.4 Å². The molecule has 3 aromatic rings. The average molecular weight is 512 g/mol. The van der Waals surface area contributed by atoms with Gasteiger partial charge in [-0.3, -0.25) is 9.48 Å². The van der Waals surface area contributed by atoms with Gasteiger partial charge in [0.05, 0.1) is 11.4 Å². The molecule has 0 saturated carbocycles. The molecule has 0 spiro atoms. The normalized spacial score (nSPS) is 14.0. The molecule has 0 atom stereocenters. The lowest BCUT2D eigenvalue weighted by Gasteiger charge is -2.20. The summed E-state index contributed by atoms with van der Waals surface area (Å²) in [7, 11) is 0. The molecule has 2 heterocycles. The minimum absolute atomic E-state index is 0.318. The molecule has 0 bridgehead atoms. The van der Waals surface area contributed by atoms with Crippen LogP contribution in [-0.4, -0.2) is 34.9 Å². The van der Waals surface area contributed by atoms with Gasteiger partial charge in [0.25, 0.3) is 6.47 Å². The molecule has 0 unspecified atom stereocenters. The van der Waals surface area contributed by atoms with E-state index in [9.17, 15) is 4.79 Å². The van der Waals surface area contributed by atoms with Gasteiger partial charge in [0.2, 0.25) is 0 Å². The van der Waals surface area contributed by atoms with E-state index in [4.69, 9.17) is 21.4 Å². The van der Waals surface area contributed by atoms with Gasteiger partial charge in [-0.2, -0.15) is 5.10 Å². The number of piperidine rings is 1. The van der Waals surface area contributed by atoms with E-state index in [-0.39, 0.29) is 5.60 Å². The Balaban J connectivity index is 0.000000454. The van der Waals surface area contributed by atoms with Crippen LogP contribution in [0.25, 0.3) is 11.3 Å². The fourth-order valence-electron chi connectivity index (χ4n) is 3.94. The summed E-state index contributed by atoms with van der Waals surface area (Å²) >= 11 is 5.94. The second-order valence-electron chi connectivity index (χ2n) is 9.96. The Bertz CT molecular complexity index is 1070. The highest BCUT2D eigenvalue weighted by Gasteiger charge is 2.20. The Hall–Kier alpha value is -2.83. The predicted molar refractivity (Wildman–Crippen MR) is 146 cm³/mol. The maximum atomic E-state index is 9.60. The molecule has 194 valence electrons. The minimum Gasteiger partial charge on any atom is -0.462 e. The summed E-state index contributed by atoms with van der Waals surface area (Å²) in [6.45, 7) is 11.3. The Labute approximate surface area is 220 Å². The van der Waals surface area contributed by atoms with Crippen molar-refractivity contribution in [2.45, 2.75) is 71.4 Å². The molecule has 36 heavy (non-hydrogen) atoms. The SMILES string of the molecule is CC(C)(C)OC=O.CCCCn1nc(C2CCNCC2)cc1-c1ccc(Oc2ccc(Cl)cc2)cc1. The summed E-state index contributed by atoms with van der Waals surface area (Å²) in [4.78, 5) is 9.60. The van der Waals surface area contributed by atoms with Crippen LogP contribution in [0.5, 0.6) is 11.5 Å². The summed E-state index contributed by atoms with van der Waals surface area (Å²) in [6, 6.07) is 18.0. The number of carbonyl (C=O) groups excluding carboxylic acids is 1. The largest absolute Gasteiger partial charge is 0.462 e. The molecule has 0 aliphatic carbocycles. The summed E-state index contributed by atoms with van der Waals surface area (Å²) in [5.74, 6) is 2.16. The zero-order valence-electron chi connectivity index (χ0n) is 21.8. The quantitative estimate of drug-likeness (QED) is 0.323. The lowest BCUT2D eigenvalue weighted by atomic mass is 9.94. The third-order valence-electron chi connectivity index (χ3n) is 5.88. The van der Waals surface area contributed by atoms with Crippen molar-refractivity contribution in [2.24, 2.45) is 0 Å². The highest BCUT2D eigenvalue weighted by molar-refractivity contribution is 6.30. The lowest BCUT2D eigenvalue weighted by Crippen LogP contribution is -2.26. The Morgan fingerprint density at radius 2 is 1.67 bits per heavy atom. The fraction of sp³-hybridized carbons (Fsp3) is 0.448. The molecule has 1 saturated heterocycles. The van der Waals surface area contributed by atoms with Crippen molar-refractivity contribution in [2.75, 3.05) is 13.1 Å². The van der Waals surface area contributed by atoms with Gasteiger partial charge in [0, 0.05) is 23.0 Å². The second kappa shape index (κ2) is 13.5. The number of halogens is 1. The first-order valence-corrected chi connectivity index (χ1v) is 13.1. The van der Waals surface area contributed by atoms with E-state index in [1.165, 1.54) is 17.0 Å². The van der Waals surface area contributed by atoms with Crippen LogP contribution >= 0.6 is 11.6 Å². The third-order valence-corrected chi connectivity index (χ3v) is 6.13. The molecular weight excluding hydrogens is 474 g/mol. The summed E-state index contributed by atoms with van der Waals surface area (Å²) in [5, 5.41) is 9.14. The monoisotopic (exact) mass is 511 g/mol. The van der Waals surface area contributed by atoms with Crippen LogP contribution < -0.4 is 10.1 Å². The zero-order valence-corrected chi connectivity index (χ0v) is 22.6. The molecule has 1 N–H and O–H groups in total. The number of aromatic nitrogens is 2. The number of aryl methyl sites for hydroxylation is 1. The Morgan fingerprint density at radius 3 is 2.19 bits per heavy atom. The Morgan fingerprint density at radius 1 is 1.06 bits per heavy atom. The van der Waals surface area contributed by atoms with Gasteiger partial charge in [-0.15, -0.1) is 0 Å². The van der Waals surface area contributed by atoms with Crippen molar-refractivity contribution in [1.82, 2.24) is 15.1 Å². The number of ether oxygens (including phenoxy) is 2. The van der Waals surface area contributed by atoms with Crippen molar-refractivity contribution in [3.8, 4) is 22.8 Å². The van der Waals surface area contributed by atoms with Crippen LogP contribution in [0.1, 0.15) is 65.0 Å². The van der Waals surface area contributed by atoms with Crippen LogP contribution in [0.3, 0.4) is 0 Å². The van der Waals surface area contributed by atoms with Gasteiger partial charge in [-0.1, -0.05) is 24.9 Å². The van der Waals surface area contributed by atoms with Crippen molar-refractivity contribution >= 4 is 18.1 Å². The number of nitrogens with zero attached hydrogens (tertiary/aromatic N) is 2. The van der Waals surface area contributed by atoms with Crippen LogP contribution in [0, 0.1) is 0 Å². The first-order valence-electron chi connectivity index (χ1n) is 12.7. The summed E-state index contributed by atoms with van der Waals surface area (Å²) in [6.07, 6.45) is 4.63. The van der Waals surface area contributed by atoms with Crippen LogP contribution in [-0.2, 0) is 16.1 Å². The molecule has 1 aromatic heterocycles. The maximum absolute atomic E-state index is 9.60. The lowest BCUT2D eigenvalue weighted by molar-refractivity contribution is -0.138. The van der Waals surface area contributed by atoms with Crippen LogP contribution in [0.15, 0.2) is 54.6 Å². The summed E-state index contributed by atoms with van der Waals surface area (Å²) < 4.78 is 12.7. The van der Waals surface area contributed by atoms with Gasteiger partial charge in [0.1, 0.15) is 17.1 Å². The molecule has 0 amide bonds. The van der Waals surface area contributed by atoms with Gasteiger partial charge in [-0.25, -0.2) is 0 Å². The predicted octanol–water partition coefficient (Wildman–Crippen LogP) is 7.22. The molecular formula is C29H38ClN3O3. The molecule has 1 aliphatic heterocycles. The Kier molecular flexibility index (Phi) is 10.4. The van der Waals surface area contributed by atoms with Crippen molar-refractivity contribution in [1.29, 1.82) is 0 Å². The standard InChI is InChI=1S/C24H28ClN3O.C5H10O2/c1-2-3-16-28-24(17-23(27-28)18-12-14-26-15-13-18)19-4-8-21(9-5-19)29-22-10-6-20(25)7-11-22;1-5(2,3)7-4-6/h4-11,17-18,26H,2-3,12-16H2,1H3;4H,1-3H3. The van der Waals surface area contributed by atoms with Gasteiger partial charge in [0.15, 0.2) is 0 Å². The van der Waals surface area contributed by atoms with E-state index in [1.54, 1.807) is 0 Å². The van der Waals surface area contributed by atoms with Gasteiger partial charge >= 0.3 is 0 Å². The number of rotatable bonds is 8. The molecule has 0 radical (unpaired) electrons. The number of carbonyl (C=O) groups is 1. The van der Waals surface area contributed by atoms with Gasteiger partial charge < -0.3 is 14.8 Å². The number of unbranched alkanes of at least 4 members (excludes halogenated alkanes) is 1. The number of hydrogen-bond acceptors (Lipinski definition) is 5. The maximum Gasteiger partial charge on any atom is 0.293 e. The number of benzene rings is 2. The van der Waals surface area contributed by atoms with E-state index in [1.807, 2.05) is 57.2 Å². The number of hydrogen-bond donors (Lipinski definition) is 1. The second-order valence-corrected chi connectivity index (χ2v) is 10.4. The van der Waals surface area contributed by atoms with Crippen molar-refractivity contribution in [3.63, 3.8) is 0 Å². The van der Waals surface area contributed by atoms with E-state index >= 15 is 0 Å². The first kappa shape index (κ1) is 27.8. The van der Waals surface area contributed by atoms with E-state index < -0.39 is 0 Å². The summed E-state index contributed by atoms with van der Waals surface area (Å²) in [5.41, 5.74) is 3.29. The fourth-order valence-corrected chi connectivity index (χ4v) is 4.07. The first-order chi connectivity index (χ1) is 17.3. The van der Waals surface area contributed by atoms with Gasteiger partial charge in [-0.05, 0) is 108 Å². The molecule has 1 aliphatic rings. The smallest absolute Gasteiger partial charge is 0.293 e. The van der Waals surface area contributed by atoms with Crippen LogP contribution in [0.4, 0.5) is 0 Å². The van der Waals surface area contributed by atoms with Crippen molar-refractivity contribution < 1.29 is 14.3 Å². The van der Waals surface area contributed by atoms with Crippen molar-refractivity contribution in [3.05, 3.63) is 65.3 Å². The van der Waals surface area contributed by atoms with E-state index in [0.29, 0.717) is 17.4 Å². The number of nitrogens with one attached hydrogen (secondary N) is 1. The molecule has 2 aromatic carbocycles. The third kappa shape index (κ3) is 8.68. The molecule has 6 nitrogen and oxygen atoms in total. The molecule has 1 fully saturated rings. The minimum atomic E-state index is -0.318. The average Bonchev–Trinajstić information content (AvgIpc) is 3.29.